The molecule has 4 heteroatoms. The largest absolute Gasteiger partial charge is 0.388 e. The van der Waals surface area contributed by atoms with Gasteiger partial charge in [0.2, 0.25) is 5.78 Å². The number of aromatic nitrogens is 1. The van der Waals surface area contributed by atoms with Gasteiger partial charge in [-0.2, -0.15) is 0 Å². The fourth-order valence-corrected chi connectivity index (χ4v) is 2.23. The first kappa shape index (κ1) is 12.3. The zero-order valence-corrected chi connectivity index (χ0v) is 10.9. The number of nitrogens with one attached hydrogen (secondary N) is 1. The predicted molar refractivity (Wildman–Crippen MR) is 76.9 cm³/mol. The van der Waals surface area contributed by atoms with Crippen molar-refractivity contribution in [3.8, 4) is 0 Å². The number of hydrogen-bond donors (Lipinski definition) is 1. The summed E-state index contributed by atoms with van der Waals surface area (Å²) >= 11 is 0. The van der Waals surface area contributed by atoms with Crippen LogP contribution >= 0.6 is 0 Å². The topological polar surface area (TPSA) is 59.1 Å². The zero-order chi connectivity index (χ0) is 14.1. The van der Waals surface area contributed by atoms with Gasteiger partial charge in [-0.3, -0.25) is 14.6 Å². The number of Topliss-reactive ketones (excluding diaryl/α,β-unsaturated/α-hetero) is 1. The lowest BCUT2D eigenvalue weighted by molar-refractivity contribution is 0.0997. The molecule has 4 nitrogen and oxygen atoms in total. The van der Waals surface area contributed by atoms with E-state index >= 15 is 0 Å². The molecule has 0 atom stereocenters. The smallest absolute Gasteiger partial charge is 0.205 e. The van der Waals surface area contributed by atoms with E-state index in [0.717, 1.165) is 11.3 Å². The first-order valence-electron chi connectivity index (χ1n) is 6.24. The predicted octanol–water partition coefficient (Wildman–Crippen LogP) is 2.59. The zero-order valence-electron chi connectivity index (χ0n) is 10.9. The highest BCUT2D eigenvalue weighted by Gasteiger charge is 2.26. The van der Waals surface area contributed by atoms with E-state index in [4.69, 9.17) is 0 Å². The summed E-state index contributed by atoms with van der Waals surface area (Å²) in [5, 5.41) is 3.01. The van der Waals surface area contributed by atoms with Crippen molar-refractivity contribution < 1.29 is 9.59 Å². The second-order valence-electron chi connectivity index (χ2n) is 4.48. The fourth-order valence-electron chi connectivity index (χ4n) is 2.23. The van der Waals surface area contributed by atoms with Crippen LogP contribution in [0.25, 0.3) is 5.57 Å². The van der Waals surface area contributed by atoms with Crippen LogP contribution < -0.4 is 5.32 Å². The average molecular weight is 264 g/mol. The van der Waals surface area contributed by atoms with Crippen LogP contribution in [0.4, 0.5) is 5.69 Å². The maximum Gasteiger partial charge on any atom is 0.205 e. The molecule has 1 aromatic heterocycles. The van der Waals surface area contributed by atoms with Crippen LogP contribution in [-0.4, -0.2) is 23.6 Å². The lowest BCUT2D eigenvalue weighted by atomic mass is 9.89. The maximum absolute atomic E-state index is 12.4. The molecule has 98 valence electrons. The number of carbonyl (C=O) groups is 2. The number of ketones is 2. The molecule has 1 aliphatic carbocycles. The van der Waals surface area contributed by atoms with Crippen LogP contribution in [0.1, 0.15) is 26.4 Å². The first-order valence-corrected chi connectivity index (χ1v) is 6.24. The molecule has 1 N–H and O–H groups in total. The second kappa shape index (κ2) is 4.74. The summed E-state index contributed by atoms with van der Waals surface area (Å²) in [6.45, 7) is 0. The van der Waals surface area contributed by atoms with E-state index in [0.29, 0.717) is 11.1 Å². The first-order chi connectivity index (χ1) is 9.70. The normalized spacial score (nSPS) is 13.8. The number of anilines is 1. The lowest BCUT2D eigenvalue weighted by Crippen LogP contribution is -2.17. The van der Waals surface area contributed by atoms with Crippen molar-refractivity contribution in [3.05, 3.63) is 65.5 Å². The van der Waals surface area contributed by atoms with Gasteiger partial charge in [0.15, 0.2) is 5.78 Å². The van der Waals surface area contributed by atoms with E-state index in [1.807, 2.05) is 31.3 Å². The quantitative estimate of drug-likeness (QED) is 0.905. The van der Waals surface area contributed by atoms with E-state index in [1.165, 1.54) is 12.3 Å². The number of benzene rings is 1. The van der Waals surface area contributed by atoms with Crippen molar-refractivity contribution in [1.29, 1.82) is 0 Å². The molecule has 1 heterocycles. The molecule has 3 rings (SSSR count). The fraction of sp³-hybridized carbons (Fsp3) is 0.0625. The Morgan fingerprint density at radius 2 is 1.80 bits per heavy atom. The average Bonchev–Trinajstić information content (AvgIpc) is 2.51. The Morgan fingerprint density at radius 3 is 2.50 bits per heavy atom. The summed E-state index contributed by atoms with van der Waals surface area (Å²) < 4.78 is 0. The van der Waals surface area contributed by atoms with Gasteiger partial charge in [0, 0.05) is 24.5 Å². The summed E-state index contributed by atoms with van der Waals surface area (Å²) in [5.41, 5.74) is 2.70. The van der Waals surface area contributed by atoms with Gasteiger partial charge >= 0.3 is 0 Å². The standard InChI is InChI=1S/C16H12N2O2/c1-17-11-6-4-10(5-7-11)13-9-14(19)15-12(16(13)20)3-2-8-18-15/h2-9,17H,1H3. The van der Waals surface area contributed by atoms with Crippen LogP contribution in [-0.2, 0) is 0 Å². The van der Waals surface area contributed by atoms with Crippen LogP contribution in [0.2, 0.25) is 0 Å². The molecule has 0 unspecified atom stereocenters. The molecule has 0 spiro atoms. The Labute approximate surface area is 116 Å². The van der Waals surface area contributed by atoms with E-state index < -0.39 is 0 Å². The van der Waals surface area contributed by atoms with E-state index in [-0.39, 0.29) is 17.3 Å². The summed E-state index contributed by atoms with van der Waals surface area (Å²) in [6, 6.07) is 10.7. The molecular weight excluding hydrogens is 252 g/mol. The number of fused-ring (bicyclic) bond motifs is 1. The maximum atomic E-state index is 12.4. The van der Waals surface area contributed by atoms with Crippen molar-refractivity contribution in [2.24, 2.45) is 0 Å². The molecular formula is C16H12N2O2. The number of hydrogen-bond acceptors (Lipinski definition) is 4. The summed E-state index contributed by atoms with van der Waals surface area (Å²) in [5.74, 6) is -0.391. The summed E-state index contributed by atoms with van der Waals surface area (Å²) in [4.78, 5) is 28.5. The van der Waals surface area contributed by atoms with Crippen molar-refractivity contribution in [2.45, 2.75) is 0 Å². The van der Waals surface area contributed by atoms with Gasteiger partial charge in [-0.05, 0) is 35.9 Å². The third-order valence-corrected chi connectivity index (χ3v) is 3.29. The molecule has 1 aliphatic rings. The number of allylic oxidation sites excluding steroid dienone is 2. The third-order valence-electron chi connectivity index (χ3n) is 3.29. The summed E-state index contributed by atoms with van der Waals surface area (Å²) in [7, 11) is 1.82. The van der Waals surface area contributed by atoms with Crippen molar-refractivity contribution in [1.82, 2.24) is 4.98 Å². The number of nitrogens with zero attached hydrogens (tertiary/aromatic N) is 1. The Hall–Kier alpha value is -2.75. The Bertz CT molecular complexity index is 730. The van der Waals surface area contributed by atoms with E-state index in [9.17, 15) is 9.59 Å². The van der Waals surface area contributed by atoms with E-state index in [2.05, 4.69) is 10.3 Å². The third kappa shape index (κ3) is 1.91. The highest BCUT2D eigenvalue weighted by molar-refractivity contribution is 6.38. The Balaban J connectivity index is 2.07. The van der Waals surface area contributed by atoms with Gasteiger partial charge < -0.3 is 5.32 Å². The minimum atomic E-state index is -0.229. The van der Waals surface area contributed by atoms with Gasteiger partial charge in [0.05, 0.1) is 5.56 Å². The van der Waals surface area contributed by atoms with Crippen LogP contribution in [0.15, 0.2) is 48.7 Å². The van der Waals surface area contributed by atoms with Gasteiger partial charge in [-0.25, -0.2) is 0 Å². The molecule has 2 aromatic rings. The van der Waals surface area contributed by atoms with Gasteiger partial charge in [-0.1, -0.05) is 12.1 Å². The minimum absolute atomic E-state index is 0.162. The number of carbonyl (C=O) groups excluding carboxylic acids is 2. The molecule has 20 heavy (non-hydrogen) atoms. The molecule has 1 aromatic carbocycles. The monoisotopic (exact) mass is 264 g/mol. The lowest BCUT2D eigenvalue weighted by Gasteiger charge is -2.14. The van der Waals surface area contributed by atoms with Crippen molar-refractivity contribution in [2.75, 3.05) is 12.4 Å². The molecule has 0 amide bonds. The molecule has 0 saturated carbocycles. The van der Waals surface area contributed by atoms with Crippen molar-refractivity contribution >= 4 is 22.8 Å². The highest BCUT2D eigenvalue weighted by Crippen LogP contribution is 2.27. The molecule has 0 aliphatic heterocycles. The van der Waals surface area contributed by atoms with Crippen LogP contribution in [0.3, 0.4) is 0 Å². The van der Waals surface area contributed by atoms with E-state index in [1.54, 1.807) is 12.1 Å². The van der Waals surface area contributed by atoms with Gasteiger partial charge in [0.25, 0.3) is 0 Å². The summed E-state index contributed by atoms with van der Waals surface area (Å²) in [6.07, 6.45) is 2.89. The molecule has 0 saturated heterocycles. The number of rotatable bonds is 2. The minimum Gasteiger partial charge on any atom is -0.388 e. The number of pyridine rings is 1. The Morgan fingerprint density at radius 1 is 1.05 bits per heavy atom. The van der Waals surface area contributed by atoms with Crippen LogP contribution in [0.5, 0.6) is 0 Å². The van der Waals surface area contributed by atoms with Crippen LogP contribution in [0, 0.1) is 0 Å². The van der Waals surface area contributed by atoms with Crippen molar-refractivity contribution in [3.63, 3.8) is 0 Å². The highest BCUT2D eigenvalue weighted by atomic mass is 16.1. The van der Waals surface area contributed by atoms with Gasteiger partial charge in [-0.15, -0.1) is 0 Å². The Kier molecular flexibility index (Phi) is 2.91. The molecule has 0 bridgehead atoms. The second-order valence-corrected chi connectivity index (χ2v) is 4.48. The molecule has 0 fully saturated rings. The van der Waals surface area contributed by atoms with Gasteiger partial charge in [0.1, 0.15) is 5.69 Å². The SMILES string of the molecule is CNc1ccc(C2=CC(=O)c3ncccc3C2=O)cc1. The molecule has 0 radical (unpaired) electrons.